The number of ketones is 2. The second kappa shape index (κ2) is 15.0. The average Bonchev–Trinajstić information content (AvgIpc) is 2.81. The van der Waals surface area contributed by atoms with Crippen LogP contribution in [0.25, 0.3) is 0 Å². The van der Waals surface area contributed by atoms with Gasteiger partial charge in [0.15, 0.2) is 11.6 Å². The predicted molar refractivity (Wildman–Crippen MR) is 164 cm³/mol. The fourth-order valence-electron chi connectivity index (χ4n) is 7.25. The van der Waals surface area contributed by atoms with Crippen LogP contribution in [-0.4, -0.2) is 11.6 Å². The fourth-order valence-corrected chi connectivity index (χ4v) is 7.25. The highest BCUT2D eigenvalue weighted by Crippen LogP contribution is 2.45. The Hall–Kier alpha value is -1.18. The lowest BCUT2D eigenvalue weighted by molar-refractivity contribution is -0.119. The first-order valence-electron chi connectivity index (χ1n) is 16.3. The third kappa shape index (κ3) is 10.1. The van der Waals surface area contributed by atoms with Gasteiger partial charge in [-0.15, -0.1) is 0 Å². The standard InChI is InChI=1S/C36H62O2/c1-10-14-29-22-35(8,24-33(37)31(29)11-2)19-13-12-15-28(7)16-17-30-23-36(9,20-18-26(3)4)25-34(38)32(30)21-27(5)6/h26-28H,10-25H2,1-9H3. The van der Waals surface area contributed by atoms with Gasteiger partial charge in [-0.2, -0.15) is 0 Å². The van der Waals surface area contributed by atoms with E-state index >= 15 is 0 Å². The lowest BCUT2D eigenvalue weighted by atomic mass is 9.67. The molecule has 2 nitrogen and oxygen atoms in total. The maximum atomic E-state index is 13.3. The Morgan fingerprint density at radius 1 is 0.658 bits per heavy atom. The van der Waals surface area contributed by atoms with Crippen molar-refractivity contribution in [1.29, 1.82) is 0 Å². The molecule has 0 heterocycles. The van der Waals surface area contributed by atoms with Crippen LogP contribution in [0.4, 0.5) is 0 Å². The quantitative estimate of drug-likeness (QED) is 0.187. The van der Waals surface area contributed by atoms with E-state index in [1.807, 2.05) is 0 Å². The molecule has 0 saturated heterocycles. The Kier molecular flexibility index (Phi) is 13.0. The van der Waals surface area contributed by atoms with Crippen LogP contribution in [0.1, 0.15) is 165 Å². The maximum Gasteiger partial charge on any atom is 0.159 e. The lowest BCUT2D eigenvalue weighted by Crippen LogP contribution is -2.29. The van der Waals surface area contributed by atoms with E-state index in [-0.39, 0.29) is 10.8 Å². The van der Waals surface area contributed by atoms with E-state index in [0.29, 0.717) is 29.3 Å². The van der Waals surface area contributed by atoms with Crippen LogP contribution in [-0.2, 0) is 9.59 Å². The SMILES string of the molecule is CCCC1=C(CC)C(=O)CC(C)(CCCCC(C)CCC2=C(CC(C)C)C(=O)CC(C)(CCC(C)C)C2)C1. The molecule has 0 saturated carbocycles. The molecule has 0 bridgehead atoms. The van der Waals surface area contributed by atoms with E-state index in [9.17, 15) is 9.59 Å². The summed E-state index contributed by atoms with van der Waals surface area (Å²) in [6.45, 7) is 20.6. The van der Waals surface area contributed by atoms with Crippen LogP contribution in [0.3, 0.4) is 0 Å². The molecular weight excluding hydrogens is 464 g/mol. The number of Topliss-reactive ketones (excluding diaryl/α,β-unsaturated/α-hetero) is 2. The molecule has 2 heteroatoms. The van der Waals surface area contributed by atoms with Gasteiger partial charge in [0, 0.05) is 12.8 Å². The zero-order valence-corrected chi connectivity index (χ0v) is 26.9. The summed E-state index contributed by atoms with van der Waals surface area (Å²) in [5, 5.41) is 0. The topological polar surface area (TPSA) is 34.1 Å². The van der Waals surface area contributed by atoms with Crippen molar-refractivity contribution in [3.63, 3.8) is 0 Å². The van der Waals surface area contributed by atoms with E-state index in [1.54, 1.807) is 0 Å². The van der Waals surface area contributed by atoms with Crippen LogP contribution in [0.15, 0.2) is 22.3 Å². The Morgan fingerprint density at radius 3 is 1.79 bits per heavy atom. The molecule has 0 N–H and O–H groups in total. The summed E-state index contributed by atoms with van der Waals surface area (Å²) in [7, 11) is 0. The lowest BCUT2D eigenvalue weighted by Gasteiger charge is -2.37. The molecule has 0 spiro atoms. The number of rotatable bonds is 16. The molecule has 3 unspecified atom stereocenters. The van der Waals surface area contributed by atoms with Crippen LogP contribution >= 0.6 is 0 Å². The molecule has 3 atom stereocenters. The number of unbranched alkanes of at least 4 members (excludes halogenated alkanes) is 1. The van der Waals surface area contributed by atoms with Gasteiger partial charge in [-0.05, 0) is 97.5 Å². The zero-order valence-electron chi connectivity index (χ0n) is 26.9. The van der Waals surface area contributed by atoms with E-state index in [4.69, 9.17) is 0 Å². The van der Waals surface area contributed by atoms with Crippen molar-refractivity contribution >= 4 is 11.6 Å². The Bertz CT molecular complexity index is 857. The molecule has 0 fully saturated rings. The highest BCUT2D eigenvalue weighted by Gasteiger charge is 2.36. The normalized spacial score (nSPS) is 25.8. The molecule has 0 radical (unpaired) electrons. The summed E-state index contributed by atoms with van der Waals surface area (Å²) in [5.41, 5.74) is 5.58. The molecule has 38 heavy (non-hydrogen) atoms. The molecule has 0 aliphatic heterocycles. The van der Waals surface area contributed by atoms with Gasteiger partial charge in [-0.1, -0.05) is 106 Å². The first kappa shape index (κ1) is 33.0. The molecule has 218 valence electrons. The summed E-state index contributed by atoms with van der Waals surface area (Å²) in [5.74, 6) is 2.78. The van der Waals surface area contributed by atoms with Gasteiger partial charge >= 0.3 is 0 Å². The minimum Gasteiger partial charge on any atom is -0.295 e. The van der Waals surface area contributed by atoms with Gasteiger partial charge in [0.1, 0.15) is 0 Å². The maximum absolute atomic E-state index is 13.3. The Morgan fingerprint density at radius 2 is 1.24 bits per heavy atom. The largest absolute Gasteiger partial charge is 0.295 e. The van der Waals surface area contributed by atoms with Gasteiger partial charge in [0.05, 0.1) is 0 Å². The molecule has 0 aromatic carbocycles. The van der Waals surface area contributed by atoms with Crippen molar-refractivity contribution < 1.29 is 9.59 Å². The molecule has 2 rings (SSSR count). The van der Waals surface area contributed by atoms with Gasteiger partial charge in [0.2, 0.25) is 0 Å². The van der Waals surface area contributed by atoms with Crippen molar-refractivity contribution in [3.8, 4) is 0 Å². The number of hydrogen-bond donors (Lipinski definition) is 0. The minimum atomic E-state index is 0.149. The first-order chi connectivity index (χ1) is 17.8. The smallest absolute Gasteiger partial charge is 0.159 e. The highest BCUT2D eigenvalue weighted by atomic mass is 16.1. The van der Waals surface area contributed by atoms with Gasteiger partial charge in [-0.3, -0.25) is 9.59 Å². The van der Waals surface area contributed by atoms with Crippen molar-refractivity contribution in [1.82, 2.24) is 0 Å². The molecule has 2 aliphatic carbocycles. The van der Waals surface area contributed by atoms with E-state index < -0.39 is 0 Å². The number of allylic oxidation sites excluding steroid dienone is 4. The summed E-state index contributed by atoms with van der Waals surface area (Å²) in [4.78, 5) is 26.1. The monoisotopic (exact) mass is 526 g/mol. The van der Waals surface area contributed by atoms with Gasteiger partial charge < -0.3 is 0 Å². The van der Waals surface area contributed by atoms with E-state index in [1.165, 1.54) is 61.7 Å². The third-order valence-corrected chi connectivity index (χ3v) is 9.49. The molecular formula is C36H62O2. The molecule has 0 aromatic rings. The van der Waals surface area contributed by atoms with Crippen molar-refractivity contribution in [3.05, 3.63) is 22.3 Å². The van der Waals surface area contributed by atoms with Crippen LogP contribution in [0.2, 0.25) is 0 Å². The van der Waals surface area contributed by atoms with Crippen LogP contribution in [0, 0.1) is 28.6 Å². The van der Waals surface area contributed by atoms with Crippen LogP contribution in [0.5, 0.6) is 0 Å². The van der Waals surface area contributed by atoms with E-state index in [2.05, 4.69) is 62.3 Å². The summed E-state index contributed by atoms with van der Waals surface area (Å²) >= 11 is 0. The van der Waals surface area contributed by atoms with Gasteiger partial charge in [-0.25, -0.2) is 0 Å². The zero-order chi connectivity index (χ0) is 28.5. The minimum absolute atomic E-state index is 0.149. The van der Waals surface area contributed by atoms with Crippen LogP contribution < -0.4 is 0 Å². The summed E-state index contributed by atoms with van der Waals surface area (Å²) in [6.07, 6.45) is 17.4. The second-order valence-corrected chi connectivity index (χ2v) is 14.9. The summed E-state index contributed by atoms with van der Waals surface area (Å²) < 4.78 is 0. The number of hydrogen-bond acceptors (Lipinski definition) is 2. The Balaban J connectivity index is 1.91. The first-order valence-corrected chi connectivity index (χ1v) is 16.3. The number of carbonyl (C=O) groups is 2. The van der Waals surface area contributed by atoms with Crippen molar-refractivity contribution in [2.24, 2.45) is 28.6 Å². The predicted octanol–water partition coefficient (Wildman–Crippen LogP) is 11.0. The molecule has 0 amide bonds. The van der Waals surface area contributed by atoms with E-state index in [0.717, 1.165) is 63.4 Å². The second-order valence-electron chi connectivity index (χ2n) is 14.9. The van der Waals surface area contributed by atoms with Crippen molar-refractivity contribution in [2.45, 2.75) is 165 Å². The third-order valence-electron chi connectivity index (χ3n) is 9.49. The average molecular weight is 527 g/mol. The fraction of sp³-hybridized carbons (Fsp3) is 0.833. The Labute approximate surface area is 236 Å². The summed E-state index contributed by atoms with van der Waals surface area (Å²) in [6, 6.07) is 0. The number of carbonyl (C=O) groups excluding carboxylic acids is 2. The van der Waals surface area contributed by atoms with Crippen molar-refractivity contribution in [2.75, 3.05) is 0 Å². The molecule has 0 aromatic heterocycles. The molecule has 2 aliphatic rings. The van der Waals surface area contributed by atoms with Gasteiger partial charge in [0.25, 0.3) is 0 Å². The highest BCUT2D eigenvalue weighted by molar-refractivity contribution is 5.98.